The molecule has 0 spiro atoms. The fraction of sp³-hybridized carbons (Fsp3) is 0.867. The quantitative estimate of drug-likeness (QED) is 0.0195. The predicted octanol–water partition coefficient (Wildman–Crippen LogP) is 24.3. The van der Waals surface area contributed by atoms with E-state index in [1.165, 1.54) is 315 Å². The third-order valence-corrected chi connectivity index (χ3v) is 18.3. The molecular formula is C83H155NO8. The molecule has 0 saturated carbocycles. The zero-order valence-corrected chi connectivity index (χ0v) is 61.9. The molecule has 0 aromatic carbocycles. The number of ether oxygens (including phenoxy) is 4. The maximum atomic E-state index is 13.0. The maximum absolute atomic E-state index is 13.0. The van der Waals surface area contributed by atoms with E-state index in [0.717, 1.165) is 64.2 Å². The number of carbonyl (C=O) groups is 3. The molecule has 0 saturated heterocycles. The van der Waals surface area contributed by atoms with Crippen molar-refractivity contribution >= 4 is 17.9 Å². The second-order valence-corrected chi connectivity index (χ2v) is 28.7. The molecule has 0 aliphatic heterocycles. The molecule has 9 nitrogen and oxygen atoms in total. The molecule has 9 heteroatoms. The second kappa shape index (κ2) is 74.0. The lowest BCUT2D eigenvalue weighted by Crippen LogP contribution is -2.44. The summed E-state index contributed by atoms with van der Waals surface area (Å²) in [6, 6.07) is 0. The van der Waals surface area contributed by atoms with Crippen molar-refractivity contribution in [3.63, 3.8) is 0 Å². The minimum absolute atomic E-state index is 0.151. The van der Waals surface area contributed by atoms with E-state index in [4.69, 9.17) is 18.9 Å². The van der Waals surface area contributed by atoms with Crippen LogP contribution in [0.1, 0.15) is 406 Å². The SMILES string of the molecule is CC/C=C\C/C=C\C/C=C\C/C=C\CCCCCCCCCCCCCCCCCCCCCCCCC(=O)OC(COC(=O)CCCCCCCCCCCCCCCCCCCCCCCCCCCCCCCCCC)COC(OCC[N+](C)(C)C)C(=O)[O-]. The number of likely N-dealkylation sites (N-methyl/N-ethyl adjacent to an activating group) is 1. The van der Waals surface area contributed by atoms with Crippen LogP contribution in [-0.2, 0) is 33.3 Å². The predicted molar refractivity (Wildman–Crippen MR) is 394 cm³/mol. The number of rotatable bonds is 76. The number of hydrogen-bond donors (Lipinski definition) is 0. The van der Waals surface area contributed by atoms with Crippen LogP contribution in [0.25, 0.3) is 0 Å². The highest BCUT2D eigenvalue weighted by Gasteiger charge is 2.22. The highest BCUT2D eigenvalue weighted by molar-refractivity contribution is 5.70. The fourth-order valence-electron chi connectivity index (χ4n) is 12.2. The Hall–Kier alpha value is -2.75. The minimum Gasteiger partial charge on any atom is -0.545 e. The third-order valence-electron chi connectivity index (χ3n) is 18.3. The first-order valence-corrected chi connectivity index (χ1v) is 40.3. The smallest absolute Gasteiger partial charge is 0.306 e. The van der Waals surface area contributed by atoms with Gasteiger partial charge in [0.05, 0.1) is 40.3 Å². The Kier molecular flexibility index (Phi) is 71.8. The fourth-order valence-corrected chi connectivity index (χ4v) is 12.2. The standard InChI is InChI=1S/C83H155NO8/c1-6-8-10-12-14-16-18-20-22-24-26-28-30-32-34-36-38-40-41-42-44-46-48-50-52-54-56-58-60-62-64-66-68-70-72-74-81(86)92-79(78-91-83(82(87)88)89-76-75-84(3,4)5)77-90-80(85)73-71-69-67-65-63-61-59-57-55-53-51-49-47-45-43-39-37-35-33-31-29-27-25-23-21-19-17-15-13-11-9-7-2/h8,10,14,16,20,22,26,28,79,83H,6-7,9,11-13,15,17-19,21,23-25,27,29-78H2,1-5H3/b10-8-,16-14-,22-20-,28-26-. The number of quaternary nitrogens is 1. The van der Waals surface area contributed by atoms with Gasteiger partial charge >= 0.3 is 11.9 Å². The summed E-state index contributed by atoms with van der Waals surface area (Å²) in [5, 5.41) is 11.9. The van der Waals surface area contributed by atoms with Gasteiger partial charge in [0.2, 0.25) is 0 Å². The summed E-state index contributed by atoms with van der Waals surface area (Å²) in [5.41, 5.74) is 0. The molecule has 0 heterocycles. The van der Waals surface area contributed by atoms with Gasteiger partial charge in [0.15, 0.2) is 12.4 Å². The summed E-state index contributed by atoms with van der Waals surface area (Å²) in [6.45, 7) is 4.72. The van der Waals surface area contributed by atoms with E-state index in [1.807, 2.05) is 21.1 Å². The first-order valence-electron chi connectivity index (χ1n) is 40.3. The summed E-state index contributed by atoms with van der Waals surface area (Å²) in [4.78, 5) is 37.6. The molecule has 0 bridgehead atoms. The first-order chi connectivity index (χ1) is 45.1. The van der Waals surface area contributed by atoms with Crippen LogP contribution in [0.4, 0.5) is 0 Å². The number of hydrogen-bond acceptors (Lipinski definition) is 8. The van der Waals surface area contributed by atoms with Crippen LogP contribution in [0.5, 0.6) is 0 Å². The van der Waals surface area contributed by atoms with E-state index in [2.05, 4.69) is 62.5 Å². The van der Waals surface area contributed by atoms with Crippen molar-refractivity contribution in [2.45, 2.75) is 418 Å². The molecule has 0 aromatic heterocycles. The lowest BCUT2D eigenvalue weighted by atomic mass is 10.0. The van der Waals surface area contributed by atoms with E-state index in [1.54, 1.807) is 0 Å². The lowest BCUT2D eigenvalue weighted by molar-refractivity contribution is -0.870. The van der Waals surface area contributed by atoms with E-state index >= 15 is 0 Å². The molecule has 2 atom stereocenters. The highest BCUT2D eigenvalue weighted by atomic mass is 16.7. The van der Waals surface area contributed by atoms with E-state index < -0.39 is 24.3 Å². The largest absolute Gasteiger partial charge is 0.545 e. The Morgan fingerprint density at radius 1 is 0.337 bits per heavy atom. The average molecular weight is 1300 g/mol. The van der Waals surface area contributed by atoms with Gasteiger partial charge in [0.25, 0.3) is 0 Å². The Morgan fingerprint density at radius 3 is 0.924 bits per heavy atom. The number of esters is 2. The number of carboxylic acid groups (broad SMARTS) is 1. The van der Waals surface area contributed by atoms with Gasteiger partial charge in [-0.25, -0.2) is 0 Å². The van der Waals surface area contributed by atoms with Gasteiger partial charge in [-0.15, -0.1) is 0 Å². The van der Waals surface area contributed by atoms with Crippen LogP contribution < -0.4 is 5.11 Å². The van der Waals surface area contributed by atoms with E-state index in [0.29, 0.717) is 17.4 Å². The number of nitrogens with zero attached hydrogens (tertiary/aromatic N) is 1. The summed E-state index contributed by atoms with van der Waals surface area (Å²) in [6.07, 6.45) is 93.9. The minimum atomic E-state index is -1.62. The molecule has 0 fully saturated rings. The van der Waals surface area contributed by atoms with Crippen LogP contribution in [0, 0.1) is 0 Å². The van der Waals surface area contributed by atoms with Gasteiger partial charge in [-0.05, 0) is 51.4 Å². The molecule has 0 aliphatic carbocycles. The Morgan fingerprint density at radius 2 is 0.620 bits per heavy atom. The van der Waals surface area contributed by atoms with Crippen molar-refractivity contribution in [3.8, 4) is 0 Å². The molecule has 0 aromatic rings. The second-order valence-electron chi connectivity index (χ2n) is 28.7. The molecule has 0 N–H and O–H groups in total. The van der Waals surface area contributed by atoms with Crippen LogP contribution in [-0.4, -0.2) is 82.3 Å². The zero-order valence-electron chi connectivity index (χ0n) is 61.9. The summed E-state index contributed by atoms with van der Waals surface area (Å²) in [5.74, 6) is -2.25. The van der Waals surface area contributed by atoms with Crippen molar-refractivity contribution in [1.82, 2.24) is 0 Å². The van der Waals surface area contributed by atoms with Crippen molar-refractivity contribution in [3.05, 3.63) is 48.6 Å². The topological polar surface area (TPSA) is 111 Å². The van der Waals surface area contributed by atoms with Crippen LogP contribution in [0.3, 0.4) is 0 Å². The Bertz CT molecular complexity index is 1650. The Labute approximate surface area is 572 Å². The highest BCUT2D eigenvalue weighted by Crippen LogP contribution is 2.20. The van der Waals surface area contributed by atoms with Gasteiger partial charge in [-0.2, -0.15) is 0 Å². The lowest BCUT2D eigenvalue weighted by Gasteiger charge is -2.26. The van der Waals surface area contributed by atoms with Crippen LogP contribution in [0.2, 0.25) is 0 Å². The van der Waals surface area contributed by atoms with Gasteiger partial charge in [0.1, 0.15) is 13.2 Å². The molecule has 540 valence electrons. The van der Waals surface area contributed by atoms with Crippen molar-refractivity contribution in [1.29, 1.82) is 0 Å². The van der Waals surface area contributed by atoms with Crippen molar-refractivity contribution in [2.24, 2.45) is 0 Å². The normalized spacial score (nSPS) is 12.8. The molecular weight excluding hydrogens is 1140 g/mol. The van der Waals surface area contributed by atoms with Crippen molar-refractivity contribution in [2.75, 3.05) is 47.5 Å². The summed E-state index contributed by atoms with van der Waals surface area (Å²) >= 11 is 0. The first kappa shape index (κ1) is 89.2. The maximum Gasteiger partial charge on any atom is 0.306 e. The molecule has 0 radical (unpaired) electrons. The third kappa shape index (κ3) is 74.6. The van der Waals surface area contributed by atoms with Crippen molar-refractivity contribution < 1.29 is 42.9 Å². The number of aliphatic carboxylic acids is 1. The van der Waals surface area contributed by atoms with Gasteiger partial charge in [-0.3, -0.25) is 9.59 Å². The van der Waals surface area contributed by atoms with Gasteiger partial charge < -0.3 is 33.3 Å². The molecule has 2 unspecified atom stereocenters. The van der Waals surface area contributed by atoms with Crippen LogP contribution >= 0.6 is 0 Å². The molecule has 0 aliphatic rings. The number of unbranched alkanes of at least 4 members (excludes halogenated alkanes) is 53. The van der Waals surface area contributed by atoms with E-state index in [-0.39, 0.29) is 32.2 Å². The number of carboxylic acids is 1. The van der Waals surface area contributed by atoms with Crippen LogP contribution in [0.15, 0.2) is 48.6 Å². The average Bonchev–Trinajstić information content (AvgIpc) is 3.70. The van der Waals surface area contributed by atoms with E-state index in [9.17, 15) is 19.5 Å². The number of allylic oxidation sites excluding steroid dienone is 8. The molecule has 0 rings (SSSR count). The monoisotopic (exact) mass is 1290 g/mol. The number of carbonyl (C=O) groups excluding carboxylic acids is 3. The summed E-state index contributed by atoms with van der Waals surface area (Å²) in [7, 11) is 5.95. The Balaban J connectivity index is 3.96. The molecule has 0 amide bonds. The van der Waals surface area contributed by atoms with Gasteiger partial charge in [0, 0.05) is 12.8 Å². The van der Waals surface area contributed by atoms with Gasteiger partial charge in [-0.1, -0.05) is 390 Å². The zero-order chi connectivity index (χ0) is 66.8. The summed E-state index contributed by atoms with van der Waals surface area (Å²) < 4.78 is 22.9. The molecule has 92 heavy (non-hydrogen) atoms.